The number of carbonyl (C=O) groups excluding carboxylic acids is 3. The van der Waals surface area contributed by atoms with Gasteiger partial charge in [-0.05, 0) is 11.6 Å². The molecule has 1 N–H and O–H groups in total. The predicted molar refractivity (Wildman–Crippen MR) is 113 cm³/mol. The Balaban J connectivity index is 1.73. The molecule has 1 aliphatic heterocycles. The van der Waals surface area contributed by atoms with E-state index in [1.54, 1.807) is 0 Å². The quantitative estimate of drug-likeness (QED) is 0.356. The third-order valence-electron chi connectivity index (χ3n) is 5.07. The Kier molecular flexibility index (Phi) is 7.28. The molecule has 172 valence electrons. The van der Waals surface area contributed by atoms with Gasteiger partial charge in [0.2, 0.25) is 5.91 Å². The number of nitro benzene ring substituents is 2. The topological polar surface area (TPSA) is 162 Å². The summed E-state index contributed by atoms with van der Waals surface area (Å²) in [5.41, 5.74) is -0.761. The minimum absolute atomic E-state index is 0.000672. The second kappa shape index (κ2) is 10.3. The Morgan fingerprint density at radius 1 is 1.09 bits per heavy atom. The number of hydrogen-bond donors (Lipinski definition) is 1. The highest BCUT2D eigenvalue weighted by atomic mass is 16.6. The van der Waals surface area contributed by atoms with Crippen LogP contribution in [0.5, 0.6) is 0 Å². The number of ether oxygens (including phenoxy) is 1. The number of amides is 2. The number of rotatable bonds is 8. The second-order valence-corrected chi connectivity index (χ2v) is 7.18. The summed E-state index contributed by atoms with van der Waals surface area (Å²) in [4.78, 5) is 59.4. The molecular weight excluding hydrogens is 436 g/mol. The van der Waals surface area contributed by atoms with E-state index in [1.807, 2.05) is 30.3 Å². The van der Waals surface area contributed by atoms with E-state index in [0.717, 1.165) is 22.6 Å². The molecule has 1 aliphatic rings. The van der Waals surface area contributed by atoms with E-state index in [0.29, 0.717) is 12.5 Å². The molecule has 12 heteroatoms. The van der Waals surface area contributed by atoms with E-state index < -0.39 is 57.0 Å². The van der Waals surface area contributed by atoms with Gasteiger partial charge < -0.3 is 15.0 Å². The van der Waals surface area contributed by atoms with Crippen molar-refractivity contribution in [3.63, 3.8) is 0 Å². The Morgan fingerprint density at radius 3 is 2.48 bits per heavy atom. The molecule has 0 saturated carbocycles. The molecule has 0 bridgehead atoms. The van der Waals surface area contributed by atoms with Crippen molar-refractivity contribution in [2.45, 2.75) is 18.9 Å². The summed E-state index contributed by atoms with van der Waals surface area (Å²) in [6.07, 6.45) is 0.0359. The first kappa shape index (κ1) is 23.3. The highest BCUT2D eigenvalue weighted by molar-refractivity contribution is 6.02. The molecule has 1 fully saturated rings. The average molecular weight is 456 g/mol. The zero-order valence-electron chi connectivity index (χ0n) is 17.3. The lowest BCUT2D eigenvalue weighted by atomic mass is 10.0. The molecule has 1 unspecified atom stereocenters. The number of esters is 1. The number of nitrogens with one attached hydrogen (secondary N) is 1. The van der Waals surface area contributed by atoms with Gasteiger partial charge in [-0.1, -0.05) is 30.3 Å². The van der Waals surface area contributed by atoms with Crippen LogP contribution in [0, 0.1) is 20.2 Å². The molecular formula is C21H20N4O8. The summed E-state index contributed by atoms with van der Waals surface area (Å²) < 4.78 is 5.19. The van der Waals surface area contributed by atoms with Crippen LogP contribution < -0.4 is 5.32 Å². The van der Waals surface area contributed by atoms with Crippen LogP contribution in [-0.4, -0.2) is 58.3 Å². The molecule has 0 aliphatic carbocycles. The van der Waals surface area contributed by atoms with Crippen LogP contribution >= 0.6 is 0 Å². The molecule has 2 aromatic rings. The molecule has 12 nitrogen and oxygen atoms in total. The van der Waals surface area contributed by atoms with Crippen LogP contribution in [0.2, 0.25) is 0 Å². The molecule has 2 amide bonds. The summed E-state index contributed by atoms with van der Waals surface area (Å²) in [7, 11) is 0. The minimum atomic E-state index is -1.23. The normalized spacial score (nSPS) is 15.5. The lowest BCUT2D eigenvalue weighted by molar-refractivity contribution is -0.394. The van der Waals surface area contributed by atoms with Gasteiger partial charge in [-0.25, -0.2) is 0 Å². The number of non-ortho nitro benzene ring substituents is 1. The SMILES string of the molecule is O=C(CC1C(=O)NCCN1C(=O)c1ccc([N+](=O)[O-])cc1[N+](=O)[O-])OCCc1ccccc1. The number of nitro groups is 2. The molecule has 0 spiro atoms. The maximum atomic E-state index is 13.1. The first-order chi connectivity index (χ1) is 15.8. The fraction of sp³-hybridized carbons (Fsp3) is 0.286. The van der Waals surface area contributed by atoms with E-state index >= 15 is 0 Å². The summed E-state index contributed by atoms with van der Waals surface area (Å²) >= 11 is 0. The smallest absolute Gasteiger partial charge is 0.308 e. The van der Waals surface area contributed by atoms with Crippen LogP contribution in [0.3, 0.4) is 0 Å². The highest BCUT2D eigenvalue weighted by Gasteiger charge is 2.38. The van der Waals surface area contributed by atoms with Gasteiger partial charge in [0.05, 0.1) is 28.9 Å². The number of piperazine rings is 1. The van der Waals surface area contributed by atoms with Gasteiger partial charge >= 0.3 is 5.97 Å². The summed E-state index contributed by atoms with van der Waals surface area (Å²) in [6, 6.07) is 10.7. The monoisotopic (exact) mass is 456 g/mol. The first-order valence-electron chi connectivity index (χ1n) is 9.99. The third kappa shape index (κ3) is 5.67. The van der Waals surface area contributed by atoms with E-state index in [2.05, 4.69) is 5.32 Å². The maximum absolute atomic E-state index is 13.1. The molecule has 33 heavy (non-hydrogen) atoms. The Bertz CT molecular complexity index is 1090. The first-order valence-corrected chi connectivity index (χ1v) is 9.99. The van der Waals surface area contributed by atoms with Crippen LogP contribution in [0.15, 0.2) is 48.5 Å². The van der Waals surface area contributed by atoms with Gasteiger partial charge in [-0.15, -0.1) is 0 Å². The van der Waals surface area contributed by atoms with Crippen LogP contribution in [-0.2, 0) is 20.7 Å². The summed E-state index contributed by atoms with van der Waals surface area (Å²) in [5.74, 6) is -2.18. The Morgan fingerprint density at radius 2 is 1.82 bits per heavy atom. The van der Waals surface area contributed by atoms with Crippen molar-refractivity contribution in [2.75, 3.05) is 19.7 Å². The van der Waals surface area contributed by atoms with Crippen LogP contribution in [0.25, 0.3) is 0 Å². The van der Waals surface area contributed by atoms with Gasteiger partial charge in [0.1, 0.15) is 11.6 Å². The minimum Gasteiger partial charge on any atom is -0.465 e. The molecule has 2 aromatic carbocycles. The fourth-order valence-corrected chi connectivity index (χ4v) is 3.43. The highest BCUT2D eigenvalue weighted by Crippen LogP contribution is 2.27. The van der Waals surface area contributed by atoms with E-state index in [9.17, 15) is 34.6 Å². The molecule has 1 saturated heterocycles. The molecule has 0 radical (unpaired) electrons. The Hall–Kier alpha value is -4.35. The standard InChI is InChI=1S/C21H20N4O8/c26-19(33-11-8-14-4-2-1-3-5-14)13-18-20(27)22-9-10-23(18)21(28)16-7-6-15(24(29)30)12-17(16)25(31)32/h1-7,12,18H,8-11,13H2,(H,22,27). The van der Waals surface area contributed by atoms with Crippen molar-refractivity contribution in [1.82, 2.24) is 10.2 Å². The third-order valence-corrected chi connectivity index (χ3v) is 5.07. The van der Waals surface area contributed by atoms with Gasteiger partial charge in [0.15, 0.2) is 0 Å². The van der Waals surface area contributed by atoms with Crippen molar-refractivity contribution >= 4 is 29.2 Å². The van der Waals surface area contributed by atoms with Crippen molar-refractivity contribution < 1.29 is 29.0 Å². The average Bonchev–Trinajstić information content (AvgIpc) is 2.80. The van der Waals surface area contributed by atoms with Crippen molar-refractivity contribution in [3.05, 3.63) is 79.9 Å². The number of hydrogen-bond acceptors (Lipinski definition) is 8. The van der Waals surface area contributed by atoms with Gasteiger partial charge in [-0.2, -0.15) is 0 Å². The Labute approximate surface area is 187 Å². The number of benzene rings is 2. The van der Waals surface area contributed by atoms with Crippen molar-refractivity contribution in [2.24, 2.45) is 0 Å². The van der Waals surface area contributed by atoms with Gasteiger partial charge in [0, 0.05) is 25.6 Å². The van der Waals surface area contributed by atoms with Gasteiger partial charge in [0.25, 0.3) is 17.3 Å². The fourth-order valence-electron chi connectivity index (χ4n) is 3.43. The number of carbonyl (C=O) groups is 3. The van der Waals surface area contributed by atoms with E-state index in [-0.39, 0.29) is 19.7 Å². The molecule has 0 aromatic heterocycles. The van der Waals surface area contributed by atoms with Crippen molar-refractivity contribution in [1.29, 1.82) is 0 Å². The van der Waals surface area contributed by atoms with Crippen LogP contribution in [0.4, 0.5) is 11.4 Å². The van der Waals surface area contributed by atoms with Gasteiger partial charge in [-0.3, -0.25) is 34.6 Å². The second-order valence-electron chi connectivity index (χ2n) is 7.18. The lowest BCUT2D eigenvalue weighted by Crippen LogP contribution is -2.58. The molecule has 3 rings (SSSR count). The zero-order valence-corrected chi connectivity index (χ0v) is 17.3. The summed E-state index contributed by atoms with van der Waals surface area (Å²) in [5, 5.41) is 24.9. The zero-order chi connectivity index (χ0) is 24.0. The van der Waals surface area contributed by atoms with E-state index in [4.69, 9.17) is 4.74 Å². The number of nitrogens with zero attached hydrogens (tertiary/aromatic N) is 3. The summed E-state index contributed by atoms with van der Waals surface area (Å²) in [6.45, 7) is 0.171. The maximum Gasteiger partial charge on any atom is 0.308 e. The largest absolute Gasteiger partial charge is 0.465 e. The predicted octanol–water partition coefficient (Wildman–Crippen LogP) is 1.62. The van der Waals surface area contributed by atoms with Crippen molar-refractivity contribution in [3.8, 4) is 0 Å². The van der Waals surface area contributed by atoms with Crippen LogP contribution in [0.1, 0.15) is 22.3 Å². The molecule has 1 atom stereocenters. The lowest BCUT2D eigenvalue weighted by Gasteiger charge is -2.34. The molecule has 1 heterocycles. The van der Waals surface area contributed by atoms with E-state index in [1.165, 1.54) is 0 Å².